The van der Waals surface area contributed by atoms with Crippen LogP contribution in [-0.2, 0) is 0 Å². The molecule has 0 aliphatic carbocycles. The molecule has 0 N–H and O–H groups in total. The van der Waals surface area contributed by atoms with Crippen LogP contribution in [0, 0.1) is 10.1 Å². The van der Waals surface area contributed by atoms with Crippen LogP contribution in [0.1, 0.15) is 23.4 Å². The summed E-state index contributed by atoms with van der Waals surface area (Å²) >= 11 is 1.51. The number of rotatable bonds is 4. The van der Waals surface area contributed by atoms with Gasteiger partial charge >= 0.3 is 5.88 Å². The van der Waals surface area contributed by atoms with Gasteiger partial charge in [-0.25, -0.2) is 4.98 Å². The van der Waals surface area contributed by atoms with Crippen molar-refractivity contribution in [1.82, 2.24) is 9.88 Å². The van der Waals surface area contributed by atoms with Gasteiger partial charge in [0.05, 0.1) is 16.3 Å². The number of furan rings is 1. The largest absolute Gasteiger partial charge is 0.467 e. The zero-order chi connectivity index (χ0) is 18.1. The van der Waals surface area contributed by atoms with E-state index in [-0.39, 0.29) is 17.8 Å². The number of fused-ring (bicyclic) bond motifs is 1. The second-order valence-corrected chi connectivity index (χ2v) is 6.95. The van der Waals surface area contributed by atoms with Gasteiger partial charge < -0.3 is 14.1 Å². The van der Waals surface area contributed by atoms with Crippen LogP contribution in [0.5, 0.6) is 5.19 Å². The molecule has 0 bridgehead atoms. The summed E-state index contributed by atoms with van der Waals surface area (Å²) in [6, 6.07) is 10.4. The number of ether oxygens (including phenoxy) is 1. The first-order valence-corrected chi connectivity index (χ1v) is 8.97. The number of nitro groups is 1. The van der Waals surface area contributed by atoms with Crippen molar-refractivity contribution in [2.45, 2.75) is 18.9 Å². The number of carbonyl (C=O) groups excluding carboxylic acids is 1. The summed E-state index contributed by atoms with van der Waals surface area (Å²) in [5.74, 6) is -0.777. The van der Waals surface area contributed by atoms with Crippen molar-refractivity contribution in [1.29, 1.82) is 0 Å². The highest BCUT2D eigenvalue weighted by Crippen LogP contribution is 2.29. The highest BCUT2D eigenvalue weighted by atomic mass is 32.1. The quantitative estimate of drug-likeness (QED) is 0.513. The third-order valence-corrected chi connectivity index (χ3v) is 5.18. The SMILES string of the molecule is O=C(c1ccc([N+](=O)[O-])o1)N1CCC(Oc2nc3ccccc3s2)CC1. The molecule has 1 aromatic carbocycles. The van der Waals surface area contributed by atoms with Crippen LogP contribution in [0.4, 0.5) is 5.88 Å². The molecule has 0 atom stereocenters. The van der Waals surface area contributed by atoms with E-state index in [0.717, 1.165) is 10.2 Å². The van der Waals surface area contributed by atoms with Crippen molar-refractivity contribution < 1.29 is 18.9 Å². The average molecular weight is 373 g/mol. The first-order chi connectivity index (χ1) is 12.6. The minimum absolute atomic E-state index is 0.00875. The Kier molecular flexibility index (Phi) is 4.29. The van der Waals surface area contributed by atoms with Gasteiger partial charge in [-0.05, 0) is 18.2 Å². The molecule has 0 unspecified atom stereocenters. The van der Waals surface area contributed by atoms with E-state index in [1.807, 2.05) is 24.3 Å². The molecule has 0 radical (unpaired) electrons. The van der Waals surface area contributed by atoms with E-state index in [0.29, 0.717) is 31.1 Å². The van der Waals surface area contributed by atoms with Gasteiger partial charge in [-0.1, -0.05) is 23.5 Å². The number of aromatic nitrogens is 1. The average Bonchev–Trinajstić information content (AvgIpc) is 3.28. The topological polar surface area (TPSA) is 98.7 Å². The maximum atomic E-state index is 12.4. The molecule has 0 spiro atoms. The van der Waals surface area contributed by atoms with Gasteiger partial charge in [0.15, 0.2) is 5.76 Å². The predicted octanol–water partition coefficient (Wildman–Crippen LogP) is 3.48. The van der Waals surface area contributed by atoms with Gasteiger partial charge in [-0.3, -0.25) is 14.9 Å². The second-order valence-electron chi connectivity index (χ2n) is 5.95. The number of thiazole rings is 1. The fraction of sp³-hybridized carbons (Fsp3) is 0.294. The zero-order valence-electron chi connectivity index (χ0n) is 13.7. The molecule has 2 aromatic heterocycles. The molecule has 1 saturated heterocycles. The number of likely N-dealkylation sites (tertiary alicyclic amines) is 1. The molecule has 8 nitrogen and oxygen atoms in total. The second kappa shape index (κ2) is 6.75. The first-order valence-electron chi connectivity index (χ1n) is 8.16. The van der Waals surface area contributed by atoms with Crippen molar-refractivity contribution in [3.05, 3.63) is 52.3 Å². The molecule has 1 aliphatic heterocycles. The lowest BCUT2D eigenvalue weighted by Crippen LogP contribution is -2.41. The summed E-state index contributed by atoms with van der Waals surface area (Å²) in [6.45, 7) is 1.01. The van der Waals surface area contributed by atoms with E-state index < -0.39 is 10.8 Å². The van der Waals surface area contributed by atoms with Crippen LogP contribution < -0.4 is 4.74 Å². The van der Waals surface area contributed by atoms with E-state index in [2.05, 4.69) is 4.98 Å². The maximum Gasteiger partial charge on any atom is 0.433 e. The monoisotopic (exact) mass is 373 g/mol. The summed E-state index contributed by atoms with van der Waals surface area (Å²) in [5.41, 5.74) is 0.916. The summed E-state index contributed by atoms with van der Waals surface area (Å²) in [7, 11) is 0. The van der Waals surface area contributed by atoms with E-state index >= 15 is 0 Å². The Morgan fingerprint density at radius 3 is 2.73 bits per heavy atom. The van der Waals surface area contributed by atoms with Gasteiger partial charge in [-0.2, -0.15) is 0 Å². The number of amides is 1. The fourth-order valence-electron chi connectivity index (χ4n) is 2.92. The van der Waals surface area contributed by atoms with Gasteiger partial charge in [0, 0.05) is 25.9 Å². The minimum atomic E-state index is -0.658. The van der Waals surface area contributed by atoms with Gasteiger partial charge in [0.2, 0.25) is 0 Å². The molecule has 134 valence electrons. The van der Waals surface area contributed by atoms with Crippen molar-refractivity contribution in [2.24, 2.45) is 0 Å². The number of nitrogens with zero attached hydrogens (tertiary/aromatic N) is 3. The lowest BCUT2D eigenvalue weighted by atomic mass is 10.1. The molecule has 3 heterocycles. The Morgan fingerprint density at radius 2 is 2.04 bits per heavy atom. The smallest absolute Gasteiger partial charge is 0.433 e. The summed E-state index contributed by atoms with van der Waals surface area (Å²) in [5, 5.41) is 11.3. The molecular formula is C17H15N3O5S. The van der Waals surface area contributed by atoms with Crippen molar-refractivity contribution >= 4 is 33.3 Å². The van der Waals surface area contributed by atoms with Crippen LogP contribution in [0.2, 0.25) is 0 Å². The number of carbonyl (C=O) groups is 1. The van der Waals surface area contributed by atoms with Crippen molar-refractivity contribution in [2.75, 3.05) is 13.1 Å². The fourth-order valence-corrected chi connectivity index (χ4v) is 3.80. The zero-order valence-corrected chi connectivity index (χ0v) is 14.5. The molecule has 1 fully saturated rings. The van der Waals surface area contributed by atoms with Gasteiger partial charge in [0.1, 0.15) is 11.0 Å². The summed E-state index contributed by atoms with van der Waals surface area (Å²) < 4.78 is 12.0. The minimum Gasteiger partial charge on any atom is -0.467 e. The standard InChI is InChI=1S/C17H15N3O5S/c21-16(13-5-6-15(25-13)20(22)23)19-9-7-11(8-10-19)24-17-18-12-3-1-2-4-14(12)26-17/h1-6,11H,7-10H2. The normalized spacial score (nSPS) is 15.3. The van der Waals surface area contributed by atoms with Crippen LogP contribution in [0.3, 0.4) is 0 Å². The van der Waals surface area contributed by atoms with Gasteiger partial charge in [0.25, 0.3) is 11.1 Å². The lowest BCUT2D eigenvalue weighted by Gasteiger charge is -2.30. The number of piperidine rings is 1. The Morgan fingerprint density at radius 1 is 1.27 bits per heavy atom. The molecule has 0 saturated carbocycles. The van der Waals surface area contributed by atoms with Crippen LogP contribution in [0.25, 0.3) is 10.2 Å². The van der Waals surface area contributed by atoms with Crippen LogP contribution >= 0.6 is 11.3 Å². The number of para-hydroxylation sites is 1. The Hall–Kier alpha value is -2.94. The number of hydrogen-bond acceptors (Lipinski definition) is 7. The Labute approximate surface area is 152 Å². The van der Waals surface area contributed by atoms with Gasteiger partial charge in [-0.15, -0.1) is 0 Å². The molecular weight excluding hydrogens is 358 g/mol. The molecule has 1 amide bonds. The molecule has 4 rings (SSSR count). The highest BCUT2D eigenvalue weighted by molar-refractivity contribution is 7.20. The third-order valence-electron chi connectivity index (χ3n) is 4.25. The van der Waals surface area contributed by atoms with E-state index in [9.17, 15) is 14.9 Å². The lowest BCUT2D eigenvalue weighted by molar-refractivity contribution is -0.402. The maximum absolute atomic E-state index is 12.4. The molecule has 9 heteroatoms. The highest BCUT2D eigenvalue weighted by Gasteiger charge is 2.28. The van der Waals surface area contributed by atoms with Crippen LogP contribution in [-0.4, -0.2) is 39.9 Å². The third kappa shape index (κ3) is 3.25. The van der Waals surface area contributed by atoms with E-state index in [1.165, 1.54) is 23.5 Å². The Bertz CT molecular complexity index is 925. The van der Waals surface area contributed by atoms with Crippen molar-refractivity contribution in [3.63, 3.8) is 0 Å². The molecule has 26 heavy (non-hydrogen) atoms. The first kappa shape index (κ1) is 16.5. The predicted molar refractivity (Wildman–Crippen MR) is 94.5 cm³/mol. The number of benzene rings is 1. The summed E-state index contributed by atoms with van der Waals surface area (Å²) in [4.78, 5) is 28.5. The molecule has 1 aliphatic rings. The van der Waals surface area contributed by atoms with Crippen molar-refractivity contribution in [3.8, 4) is 5.19 Å². The van der Waals surface area contributed by atoms with Crippen LogP contribution in [0.15, 0.2) is 40.8 Å². The van der Waals surface area contributed by atoms with E-state index in [1.54, 1.807) is 4.90 Å². The van der Waals surface area contributed by atoms with E-state index in [4.69, 9.17) is 9.15 Å². The Balaban J connectivity index is 1.35. The molecule has 3 aromatic rings. The number of hydrogen-bond donors (Lipinski definition) is 0. The summed E-state index contributed by atoms with van der Waals surface area (Å²) in [6.07, 6.45) is 1.33.